The van der Waals surface area contributed by atoms with Crippen molar-refractivity contribution in [1.29, 1.82) is 0 Å². The third-order valence-corrected chi connectivity index (χ3v) is 3.81. The van der Waals surface area contributed by atoms with Gasteiger partial charge in [-0.1, -0.05) is 20.8 Å². The van der Waals surface area contributed by atoms with E-state index in [1.165, 1.54) is 0 Å². The van der Waals surface area contributed by atoms with Gasteiger partial charge in [0.05, 0.1) is 12.0 Å². The van der Waals surface area contributed by atoms with Gasteiger partial charge in [-0.2, -0.15) is 11.3 Å². The summed E-state index contributed by atoms with van der Waals surface area (Å²) in [6, 6.07) is 1.52. The van der Waals surface area contributed by atoms with Gasteiger partial charge in [-0.15, -0.1) is 0 Å². The molecule has 0 aliphatic heterocycles. The van der Waals surface area contributed by atoms with Crippen LogP contribution >= 0.6 is 11.3 Å². The van der Waals surface area contributed by atoms with E-state index in [9.17, 15) is 14.7 Å². The number of carboxylic acids is 1. The molecule has 0 radical (unpaired) electrons. The second kappa shape index (κ2) is 7.45. The van der Waals surface area contributed by atoms with Crippen molar-refractivity contribution in [2.45, 2.75) is 40.2 Å². The van der Waals surface area contributed by atoms with Crippen molar-refractivity contribution in [3.05, 3.63) is 22.4 Å². The highest BCUT2D eigenvalue weighted by Crippen LogP contribution is 2.24. The maximum Gasteiger partial charge on any atom is 0.315 e. The van der Waals surface area contributed by atoms with Gasteiger partial charge in [0.25, 0.3) is 0 Å². The zero-order valence-corrected chi connectivity index (χ0v) is 13.8. The molecule has 0 spiro atoms. The molecule has 1 rings (SSSR count). The first-order chi connectivity index (χ1) is 9.69. The first kappa shape index (κ1) is 17.5. The third-order valence-electron chi connectivity index (χ3n) is 3.11. The highest BCUT2D eigenvalue weighted by molar-refractivity contribution is 7.07. The number of carbonyl (C=O) groups excluding carboxylic acids is 1. The fourth-order valence-corrected chi connectivity index (χ4v) is 2.81. The minimum atomic E-state index is -0.879. The molecule has 1 aromatic rings. The van der Waals surface area contributed by atoms with Crippen LogP contribution < -0.4 is 10.6 Å². The fourth-order valence-electron chi connectivity index (χ4n) is 2.05. The second-order valence-corrected chi connectivity index (χ2v) is 7.21. The number of carbonyl (C=O) groups is 2. The highest BCUT2D eigenvalue weighted by Gasteiger charge is 2.25. The predicted molar refractivity (Wildman–Crippen MR) is 84.5 cm³/mol. The Hall–Kier alpha value is -1.56. The van der Waals surface area contributed by atoms with E-state index in [0.29, 0.717) is 6.42 Å². The Labute approximate surface area is 129 Å². The summed E-state index contributed by atoms with van der Waals surface area (Å²) in [7, 11) is 0. The summed E-state index contributed by atoms with van der Waals surface area (Å²) < 4.78 is 0. The van der Waals surface area contributed by atoms with Crippen LogP contribution in [0.5, 0.6) is 0 Å². The van der Waals surface area contributed by atoms with Crippen molar-refractivity contribution in [3.63, 3.8) is 0 Å². The van der Waals surface area contributed by atoms with Gasteiger partial charge >= 0.3 is 12.0 Å². The monoisotopic (exact) mass is 312 g/mol. The molecule has 118 valence electrons. The summed E-state index contributed by atoms with van der Waals surface area (Å²) in [4.78, 5) is 23.1. The van der Waals surface area contributed by atoms with Gasteiger partial charge in [0.15, 0.2) is 0 Å². The number of carboxylic acid groups (broad SMARTS) is 1. The molecule has 6 heteroatoms. The Morgan fingerprint density at radius 1 is 1.38 bits per heavy atom. The van der Waals surface area contributed by atoms with Gasteiger partial charge in [-0.3, -0.25) is 4.79 Å². The number of rotatable bonds is 6. The number of aliphatic carboxylic acids is 1. The number of hydrogen-bond acceptors (Lipinski definition) is 3. The normalized spacial score (nSPS) is 14.3. The van der Waals surface area contributed by atoms with Crippen molar-refractivity contribution in [3.8, 4) is 0 Å². The van der Waals surface area contributed by atoms with Crippen LogP contribution in [0, 0.1) is 11.3 Å². The molecule has 0 aliphatic carbocycles. The van der Waals surface area contributed by atoms with E-state index in [-0.39, 0.29) is 24.0 Å². The van der Waals surface area contributed by atoms with Crippen LogP contribution in [0.2, 0.25) is 0 Å². The van der Waals surface area contributed by atoms with Crippen molar-refractivity contribution in [1.82, 2.24) is 10.6 Å². The molecule has 0 saturated heterocycles. The van der Waals surface area contributed by atoms with E-state index in [1.807, 2.05) is 44.5 Å². The molecule has 0 saturated carbocycles. The Morgan fingerprint density at radius 3 is 2.52 bits per heavy atom. The van der Waals surface area contributed by atoms with Crippen LogP contribution in [0.3, 0.4) is 0 Å². The average Bonchev–Trinajstić information content (AvgIpc) is 2.86. The van der Waals surface area contributed by atoms with Gasteiger partial charge in [-0.25, -0.2) is 4.79 Å². The van der Waals surface area contributed by atoms with Crippen molar-refractivity contribution in [2.75, 3.05) is 6.54 Å². The number of thiophene rings is 1. The average molecular weight is 312 g/mol. The van der Waals surface area contributed by atoms with Crippen molar-refractivity contribution < 1.29 is 14.7 Å². The smallest absolute Gasteiger partial charge is 0.315 e. The molecule has 21 heavy (non-hydrogen) atoms. The molecule has 2 amide bonds. The molecule has 5 nitrogen and oxygen atoms in total. The summed E-state index contributed by atoms with van der Waals surface area (Å²) in [5, 5.41) is 18.6. The molecule has 1 aromatic heterocycles. The van der Waals surface area contributed by atoms with Gasteiger partial charge in [0.2, 0.25) is 0 Å². The predicted octanol–water partition coefficient (Wildman–Crippen LogP) is 3.25. The van der Waals surface area contributed by atoms with E-state index >= 15 is 0 Å². The van der Waals surface area contributed by atoms with E-state index in [4.69, 9.17) is 0 Å². The minimum Gasteiger partial charge on any atom is -0.481 e. The van der Waals surface area contributed by atoms with E-state index < -0.39 is 11.9 Å². The largest absolute Gasteiger partial charge is 0.481 e. The van der Waals surface area contributed by atoms with Crippen LogP contribution in [0.25, 0.3) is 0 Å². The van der Waals surface area contributed by atoms with Crippen LogP contribution in [0.4, 0.5) is 4.79 Å². The number of hydrogen-bond donors (Lipinski definition) is 3. The maximum atomic E-state index is 11.8. The SMILES string of the molecule is CC(NC(=O)NCC(CC(C)(C)C)C(=O)O)c1ccsc1. The summed E-state index contributed by atoms with van der Waals surface area (Å²) in [6.45, 7) is 7.99. The molecular weight excluding hydrogens is 288 g/mol. The van der Waals surface area contributed by atoms with Gasteiger partial charge in [-0.05, 0) is 41.1 Å². The van der Waals surface area contributed by atoms with E-state index in [1.54, 1.807) is 11.3 Å². The lowest BCUT2D eigenvalue weighted by Crippen LogP contribution is -2.41. The molecular formula is C15H24N2O3S. The second-order valence-electron chi connectivity index (χ2n) is 6.43. The number of urea groups is 1. The summed E-state index contributed by atoms with van der Waals surface area (Å²) in [6.07, 6.45) is 0.517. The van der Waals surface area contributed by atoms with Crippen LogP contribution in [-0.4, -0.2) is 23.7 Å². The summed E-state index contributed by atoms with van der Waals surface area (Å²) in [5.41, 5.74) is 0.949. The lowest BCUT2D eigenvalue weighted by atomic mass is 9.84. The number of nitrogens with one attached hydrogen (secondary N) is 2. The topological polar surface area (TPSA) is 78.4 Å². The van der Waals surface area contributed by atoms with E-state index in [2.05, 4.69) is 10.6 Å². The fraction of sp³-hybridized carbons (Fsp3) is 0.600. The summed E-state index contributed by atoms with van der Waals surface area (Å²) >= 11 is 1.57. The van der Waals surface area contributed by atoms with Crippen LogP contribution in [0.1, 0.15) is 45.7 Å². The van der Waals surface area contributed by atoms with Gasteiger partial charge in [0, 0.05) is 6.54 Å². The third kappa shape index (κ3) is 6.62. The van der Waals surface area contributed by atoms with E-state index in [0.717, 1.165) is 5.56 Å². The quantitative estimate of drug-likeness (QED) is 0.754. The Bertz CT molecular complexity index is 466. The lowest BCUT2D eigenvalue weighted by molar-refractivity contribution is -0.142. The molecule has 0 aliphatic rings. The molecule has 3 N–H and O–H groups in total. The van der Waals surface area contributed by atoms with Gasteiger partial charge < -0.3 is 15.7 Å². The zero-order valence-electron chi connectivity index (χ0n) is 13.0. The van der Waals surface area contributed by atoms with Gasteiger partial charge in [0.1, 0.15) is 0 Å². The lowest BCUT2D eigenvalue weighted by Gasteiger charge is -2.23. The Morgan fingerprint density at radius 2 is 2.05 bits per heavy atom. The highest BCUT2D eigenvalue weighted by atomic mass is 32.1. The molecule has 0 aromatic carbocycles. The summed E-state index contributed by atoms with van der Waals surface area (Å²) in [5.74, 6) is -1.46. The molecule has 1 heterocycles. The minimum absolute atomic E-state index is 0.0921. The first-order valence-electron chi connectivity index (χ1n) is 6.98. The first-order valence-corrected chi connectivity index (χ1v) is 7.92. The molecule has 0 bridgehead atoms. The van der Waals surface area contributed by atoms with Crippen LogP contribution in [-0.2, 0) is 4.79 Å². The molecule has 2 unspecified atom stereocenters. The van der Waals surface area contributed by atoms with Crippen molar-refractivity contribution >= 4 is 23.3 Å². The zero-order chi connectivity index (χ0) is 16.0. The maximum absolute atomic E-state index is 11.8. The number of amides is 2. The molecule has 2 atom stereocenters. The Balaban J connectivity index is 2.45. The van der Waals surface area contributed by atoms with Crippen LogP contribution in [0.15, 0.2) is 16.8 Å². The molecule has 0 fully saturated rings. The Kier molecular flexibility index (Phi) is 6.20. The van der Waals surface area contributed by atoms with Crippen molar-refractivity contribution in [2.24, 2.45) is 11.3 Å². The standard InChI is InChI=1S/C15H24N2O3S/c1-10(11-5-6-21-9-11)17-14(20)16-8-12(13(18)19)7-15(2,3)4/h5-6,9-10,12H,7-8H2,1-4H3,(H,18,19)(H2,16,17,20).